The molecule has 0 spiro atoms. The fourth-order valence-electron chi connectivity index (χ4n) is 1.96. The molecule has 1 aliphatic rings. The summed E-state index contributed by atoms with van der Waals surface area (Å²) < 4.78 is 26.5. The maximum atomic E-state index is 12.3. The zero-order valence-corrected chi connectivity index (χ0v) is 12.0. The highest BCUT2D eigenvalue weighted by atomic mass is 35.5. The second kappa shape index (κ2) is 5.22. The van der Waals surface area contributed by atoms with Crippen LogP contribution < -0.4 is 0 Å². The molecule has 0 aromatic carbocycles. The van der Waals surface area contributed by atoms with E-state index in [1.807, 2.05) is 6.92 Å². The quantitative estimate of drug-likeness (QED) is 0.802. The Balaban J connectivity index is 2.21. The zero-order chi connectivity index (χ0) is 12.5. The van der Waals surface area contributed by atoms with Gasteiger partial charge in [0.05, 0.1) is 11.2 Å². The van der Waals surface area contributed by atoms with Gasteiger partial charge in [0.15, 0.2) is 4.21 Å². The second-order valence-corrected chi connectivity index (χ2v) is 7.93. The van der Waals surface area contributed by atoms with Gasteiger partial charge < -0.3 is 0 Å². The van der Waals surface area contributed by atoms with Crippen LogP contribution in [0.4, 0.5) is 0 Å². The van der Waals surface area contributed by atoms with Crippen LogP contribution in [0.25, 0.3) is 0 Å². The van der Waals surface area contributed by atoms with Gasteiger partial charge in [-0.2, -0.15) is 4.31 Å². The number of aromatic nitrogens is 1. The summed E-state index contributed by atoms with van der Waals surface area (Å²) in [6.45, 7) is 2.93. The molecule has 7 heteroatoms. The third-order valence-electron chi connectivity index (χ3n) is 2.89. The van der Waals surface area contributed by atoms with E-state index in [9.17, 15) is 8.42 Å². The number of halogens is 1. The number of piperidine rings is 1. The van der Waals surface area contributed by atoms with Crippen molar-refractivity contribution in [2.24, 2.45) is 5.92 Å². The highest BCUT2D eigenvalue weighted by molar-refractivity contribution is 7.91. The first-order chi connectivity index (χ1) is 8.04. The van der Waals surface area contributed by atoms with Crippen LogP contribution in [0.3, 0.4) is 0 Å². The maximum absolute atomic E-state index is 12.3. The maximum Gasteiger partial charge on any atom is 0.254 e. The number of alkyl halides is 1. The van der Waals surface area contributed by atoms with Crippen molar-refractivity contribution in [1.82, 2.24) is 9.29 Å². The predicted molar refractivity (Wildman–Crippen MR) is 69.1 cm³/mol. The molecule has 0 bridgehead atoms. The largest absolute Gasteiger partial charge is 0.254 e. The molecule has 1 fully saturated rings. The van der Waals surface area contributed by atoms with Crippen LogP contribution in [0.5, 0.6) is 0 Å². The Bertz CT molecular complexity index is 486. The van der Waals surface area contributed by atoms with Gasteiger partial charge in [-0.3, -0.25) is 0 Å². The minimum atomic E-state index is -3.35. The minimum Gasteiger partial charge on any atom is -0.249 e. The molecule has 0 radical (unpaired) electrons. The Morgan fingerprint density at radius 1 is 1.65 bits per heavy atom. The molecule has 4 nitrogen and oxygen atoms in total. The van der Waals surface area contributed by atoms with Crippen LogP contribution in [0, 0.1) is 12.8 Å². The first-order valence-corrected chi connectivity index (χ1v) is 8.31. The van der Waals surface area contributed by atoms with Gasteiger partial charge in [0, 0.05) is 19.0 Å². The van der Waals surface area contributed by atoms with Gasteiger partial charge in [0.2, 0.25) is 0 Å². The Hall–Kier alpha value is -0.170. The van der Waals surface area contributed by atoms with Crippen LogP contribution >= 0.6 is 22.9 Å². The number of hydrogen-bond donors (Lipinski definition) is 0. The van der Waals surface area contributed by atoms with Crippen molar-refractivity contribution in [3.8, 4) is 0 Å². The lowest BCUT2D eigenvalue weighted by molar-refractivity contribution is 0.284. The van der Waals surface area contributed by atoms with Gasteiger partial charge in [0.25, 0.3) is 10.0 Å². The van der Waals surface area contributed by atoms with Crippen molar-refractivity contribution in [2.75, 3.05) is 19.0 Å². The lowest BCUT2D eigenvalue weighted by atomic mass is 10.0. The number of rotatable bonds is 3. The van der Waals surface area contributed by atoms with E-state index in [1.54, 1.807) is 0 Å². The third kappa shape index (κ3) is 2.81. The summed E-state index contributed by atoms with van der Waals surface area (Å²) >= 11 is 7.04. The molecule has 96 valence electrons. The van der Waals surface area contributed by atoms with Crippen molar-refractivity contribution in [2.45, 2.75) is 24.0 Å². The summed E-state index contributed by atoms with van der Waals surface area (Å²) in [5.74, 6) is 0.794. The lowest BCUT2D eigenvalue weighted by Gasteiger charge is -2.30. The molecular weight excluding hydrogens is 280 g/mol. The normalized spacial score (nSPS) is 22.8. The summed E-state index contributed by atoms with van der Waals surface area (Å²) in [7, 11) is -3.35. The van der Waals surface area contributed by atoms with Gasteiger partial charge >= 0.3 is 0 Å². The first-order valence-electron chi connectivity index (χ1n) is 5.52. The van der Waals surface area contributed by atoms with Crippen molar-refractivity contribution in [3.05, 3.63) is 11.2 Å². The first kappa shape index (κ1) is 13.3. The molecule has 17 heavy (non-hydrogen) atoms. The zero-order valence-electron chi connectivity index (χ0n) is 9.60. The number of thiazole rings is 1. The molecule has 1 saturated heterocycles. The summed E-state index contributed by atoms with van der Waals surface area (Å²) in [6, 6.07) is 0. The summed E-state index contributed by atoms with van der Waals surface area (Å²) in [4.78, 5) is 4.00. The highest BCUT2D eigenvalue weighted by Gasteiger charge is 2.31. The molecule has 1 atom stereocenters. The predicted octanol–water partition coefficient (Wildman–Crippen LogP) is 2.09. The Morgan fingerprint density at radius 3 is 3.00 bits per heavy atom. The van der Waals surface area contributed by atoms with E-state index >= 15 is 0 Å². The van der Waals surface area contributed by atoms with Crippen molar-refractivity contribution in [3.63, 3.8) is 0 Å². The van der Waals surface area contributed by atoms with Gasteiger partial charge in [-0.05, 0) is 25.7 Å². The van der Waals surface area contributed by atoms with Gasteiger partial charge in [-0.25, -0.2) is 13.4 Å². The Labute approximate surface area is 111 Å². The van der Waals surface area contributed by atoms with Gasteiger partial charge in [-0.15, -0.1) is 22.9 Å². The molecule has 1 aromatic heterocycles. The van der Waals surface area contributed by atoms with E-state index in [0.717, 1.165) is 17.8 Å². The van der Waals surface area contributed by atoms with Crippen LogP contribution in [-0.4, -0.2) is 36.7 Å². The van der Waals surface area contributed by atoms with Crippen molar-refractivity contribution < 1.29 is 8.42 Å². The molecule has 0 saturated carbocycles. The minimum absolute atomic E-state index is 0.272. The van der Waals surface area contributed by atoms with Crippen molar-refractivity contribution in [1.29, 1.82) is 0 Å². The Kier molecular flexibility index (Phi) is 4.07. The van der Waals surface area contributed by atoms with Gasteiger partial charge in [0.1, 0.15) is 0 Å². The SMILES string of the molecule is Cc1ncc(S(=O)(=O)N2CCCC(CCl)C2)s1. The Morgan fingerprint density at radius 2 is 2.41 bits per heavy atom. The van der Waals surface area contributed by atoms with E-state index in [4.69, 9.17) is 11.6 Å². The summed E-state index contributed by atoms with van der Waals surface area (Å²) in [5.41, 5.74) is 0. The fourth-order valence-corrected chi connectivity index (χ4v) is 5.03. The van der Waals surface area contributed by atoms with E-state index in [0.29, 0.717) is 23.2 Å². The molecule has 0 aliphatic carbocycles. The van der Waals surface area contributed by atoms with Crippen LogP contribution in [0.1, 0.15) is 17.8 Å². The summed E-state index contributed by atoms with van der Waals surface area (Å²) in [5, 5.41) is 0.773. The lowest BCUT2D eigenvalue weighted by Crippen LogP contribution is -2.40. The van der Waals surface area contributed by atoms with E-state index in [-0.39, 0.29) is 5.92 Å². The monoisotopic (exact) mass is 294 g/mol. The average Bonchev–Trinajstić information content (AvgIpc) is 2.76. The molecular formula is C10H15ClN2O2S2. The van der Waals surface area contributed by atoms with Crippen LogP contribution in [0.15, 0.2) is 10.4 Å². The smallest absolute Gasteiger partial charge is 0.249 e. The van der Waals surface area contributed by atoms with Crippen LogP contribution in [-0.2, 0) is 10.0 Å². The van der Waals surface area contributed by atoms with E-state index < -0.39 is 10.0 Å². The molecule has 1 aliphatic heterocycles. The number of nitrogens with zero attached hydrogens (tertiary/aromatic N) is 2. The fraction of sp³-hybridized carbons (Fsp3) is 0.700. The van der Waals surface area contributed by atoms with Gasteiger partial charge in [-0.1, -0.05) is 0 Å². The molecule has 1 unspecified atom stereocenters. The standard InChI is InChI=1S/C10H15ClN2O2S2/c1-8-12-6-10(16-8)17(14,15)13-4-2-3-9(5-11)7-13/h6,9H,2-5,7H2,1H3. The molecule has 1 aromatic rings. The second-order valence-electron chi connectivity index (χ2n) is 4.22. The number of aryl methyl sites for hydroxylation is 1. The third-order valence-corrected chi connectivity index (χ3v) is 6.55. The topological polar surface area (TPSA) is 50.3 Å². The molecule has 0 N–H and O–H groups in total. The van der Waals surface area contributed by atoms with E-state index in [2.05, 4.69) is 4.98 Å². The average molecular weight is 295 g/mol. The van der Waals surface area contributed by atoms with Crippen molar-refractivity contribution >= 4 is 33.0 Å². The highest BCUT2D eigenvalue weighted by Crippen LogP contribution is 2.27. The summed E-state index contributed by atoms with van der Waals surface area (Å²) in [6.07, 6.45) is 3.34. The van der Waals surface area contributed by atoms with Crippen LogP contribution in [0.2, 0.25) is 0 Å². The number of hydrogen-bond acceptors (Lipinski definition) is 4. The molecule has 2 rings (SSSR count). The van der Waals surface area contributed by atoms with E-state index in [1.165, 1.54) is 21.8 Å². The molecule has 0 amide bonds. The number of sulfonamides is 1. The molecule has 2 heterocycles.